The second-order valence-corrected chi connectivity index (χ2v) is 10.2. The van der Waals surface area contributed by atoms with Crippen LogP contribution in [0.5, 0.6) is 0 Å². The molecule has 0 atom stereocenters. The summed E-state index contributed by atoms with van der Waals surface area (Å²) in [7, 11) is -3.20. The fourth-order valence-corrected chi connectivity index (χ4v) is 6.22. The lowest BCUT2D eigenvalue weighted by Crippen LogP contribution is -2.44. The summed E-state index contributed by atoms with van der Waals surface area (Å²) in [5, 5.41) is 21.2. The molecule has 2 aliphatic heterocycles. The van der Waals surface area contributed by atoms with E-state index < -0.39 is 15.4 Å². The summed E-state index contributed by atoms with van der Waals surface area (Å²) >= 11 is 0. The van der Waals surface area contributed by atoms with E-state index in [2.05, 4.69) is 21.7 Å². The smallest absolute Gasteiger partial charge is 0.261 e. The predicted molar refractivity (Wildman–Crippen MR) is 116 cm³/mol. The van der Waals surface area contributed by atoms with E-state index in [1.807, 2.05) is 10.7 Å². The molecule has 0 bridgehead atoms. The number of nitrogens with one attached hydrogen (secondary N) is 3. The number of piperidine rings is 1. The van der Waals surface area contributed by atoms with Gasteiger partial charge in [0, 0.05) is 11.9 Å². The van der Waals surface area contributed by atoms with Crippen LogP contribution in [0.3, 0.4) is 0 Å². The minimum absolute atomic E-state index is 0.119. The minimum Gasteiger partial charge on any atom is -0.338 e. The number of anilines is 2. The van der Waals surface area contributed by atoms with Gasteiger partial charge in [-0.25, -0.2) is 8.42 Å². The van der Waals surface area contributed by atoms with Crippen LogP contribution in [0.4, 0.5) is 11.5 Å². The van der Waals surface area contributed by atoms with Gasteiger partial charge in [-0.1, -0.05) is 0 Å². The maximum atomic E-state index is 12.7. The number of H-pyrrole nitrogens is 1. The largest absolute Gasteiger partial charge is 0.338 e. The van der Waals surface area contributed by atoms with E-state index in [1.165, 1.54) is 0 Å². The number of hydrogen-bond donors (Lipinski definition) is 3. The number of rotatable bonds is 4. The van der Waals surface area contributed by atoms with Crippen molar-refractivity contribution in [3.63, 3.8) is 0 Å². The van der Waals surface area contributed by atoms with Crippen molar-refractivity contribution in [3.05, 3.63) is 46.4 Å². The van der Waals surface area contributed by atoms with Crippen LogP contribution >= 0.6 is 0 Å². The SMILES string of the molecule is N#CCC1(n2nc(Nc3ccc4c(c3)CCS4(=O)=O)c3c(=O)[nH]ccc32)CCNCC1. The molecule has 5 rings (SSSR count). The fourth-order valence-electron chi connectivity index (χ4n) is 4.68. The van der Waals surface area contributed by atoms with E-state index in [-0.39, 0.29) is 11.3 Å². The summed E-state index contributed by atoms with van der Waals surface area (Å²) in [6, 6.07) is 9.21. The van der Waals surface area contributed by atoms with E-state index in [9.17, 15) is 18.5 Å². The second-order valence-electron chi connectivity index (χ2n) is 8.15. The summed E-state index contributed by atoms with van der Waals surface area (Å²) in [5.74, 6) is 0.516. The Morgan fingerprint density at radius 3 is 2.84 bits per heavy atom. The lowest BCUT2D eigenvalue weighted by atomic mass is 9.85. The fraction of sp³-hybridized carbons (Fsp3) is 0.381. The Balaban J connectivity index is 1.62. The third-order valence-electron chi connectivity index (χ3n) is 6.29. The van der Waals surface area contributed by atoms with Crippen molar-refractivity contribution in [1.82, 2.24) is 20.1 Å². The average Bonchev–Trinajstić information content (AvgIpc) is 3.27. The number of nitriles is 1. The Kier molecular flexibility index (Phi) is 4.60. The molecule has 3 N–H and O–H groups in total. The van der Waals surface area contributed by atoms with Crippen LogP contribution in [-0.4, -0.2) is 42.0 Å². The lowest BCUT2D eigenvalue weighted by molar-refractivity contribution is 0.197. The molecule has 0 aliphatic carbocycles. The number of fused-ring (bicyclic) bond motifs is 2. The zero-order valence-corrected chi connectivity index (χ0v) is 17.6. The van der Waals surface area contributed by atoms with Gasteiger partial charge in [-0.15, -0.1) is 0 Å². The van der Waals surface area contributed by atoms with Crippen LogP contribution in [0.15, 0.2) is 40.2 Å². The molecular weight excluding hydrogens is 416 g/mol. The van der Waals surface area contributed by atoms with Gasteiger partial charge in [0.05, 0.1) is 34.2 Å². The van der Waals surface area contributed by atoms with E-state index in [4.69, 9.17) is 5.10 Å². The van der Waals surface area contributed by atoms with Gasteiger partial charge in [0.1, 0.15) is 5.39 Å². The first-order valence-electron chi connectivity index (χ1n) is 10.2. The third kappa shape index (κ3) is 3.21. The highest BCUT2D eigenvalue weighted by atomic mass is 32.2. The number of aromatic amines is 1. The monoisotopic (exact) mass is 438 g/mol. The normalized spacial score (nSPS) is 19.1. The van der Waals surface area contributed by atoms with Gasteiger partial charge >= 0.3 is 0 Å². The second kappa shape index (κ2) is 7.21. The van der Waals surface area contributed by atoms with Crippen LogP contribution in [-0.2, 0) is 21.8 Å². The first-order valence-corrected chi connectivity index (χ1v) is 11.9. The molecule has 0 spiro atoms. The van der Waals surface area contributed by atoms with Crippen LogP contribution in [0.2, 0.25) is 0 Å². The quantitative estimate of drug-likeness (QED) is 0.566. The number of sulfone groups is 1. The van der Waals surface area contributed by atoms with E-state index in [0.717, 1.165) is 31.5 Å². The molecule has 0 saturated carbocycles. The van der Waals surface area contributed by atoms with Crippen LogP contribution in [0.1, 0.15) is 24.8 Å². The van der Waals surface area contributed by atoms with E-state index >= 15 is 0 Å². The number of aromatic nitrogens is 3. The first kappa shape index (κ1) is 19.8. The van der Waals surface area contributed by atoms with E-state index in [0.29, 0.717) is 40.1 Å². The van der Waals surface area contributed by atoms with Gasteiger partial charge in [0.15, 0.2) is 15.7 Å². The van der Waals surface area contributed by atoms with Gasteiger partial charge < -0.3 is 15.6 Å². The Labute approximate surface area is 179 Å². The molecule has 1 fully saturated rings. The molecule has 1 aromatic carbocycles. The number of benzene rings is 1. The molecule has 3 aromatic rings. The van der Waals surface area contributed by atoms with Crippen molar-refractivity contribution >= 4 is 32.2 Å². The molecule has 160 valence electrons. The minimum atomic E-state index is -3.20. The van der Waals surface area contributed by atoms with Crippen molar-refractivity contribution in [3.8, 4) is 6.07 Å². The predicted octanol–water partition coefficient (Wildman–Crippen LogP) is 1.79. The highest BCUT2D eigenvalue weighted by Crippen LogP contribution is 2.36. The lowest BCUT2D eigenvalue weighted by Gasteiger charge is -2.36. The Hall–Kier alpha value is -3.16. The van der Waals surface area contributed by atoms with Crippen molar-refractivity contribution in [2.75, 3.05) is 24.2 Å². The average molecular weight is 439 g/mol. The topological polar surface area (TPSA) is 133 Å². The van der Waals surface area contributed by atoms with Crippen LogP contribution in [0.25, 0.3) is 10.9 Å². The van der Waals surface area contributed by atoms with Crippen LogP contribution in [0, 0.1) is 11.3 Å². The highest BCUT2D eigenvalue weighted by molar-refractivity contribution is 7.91. The van der Waals surface area contributed by atoms with E-state index in [1.54, 1.807) is 24.4 Å². The van der Waals surface area contributed by atoms with Crippen molar-refractivity contribution in [2.45, 2.75) is 36.1 Å². The maximum Gasteiger partial charge on any atom is 0.261 e. The molecule has 4 heterocycles. The van der Waals surface area contributed by atoms with Gasteiger partial charge in [0.2, 0.25) is 0 Å². The standard InChI is InChI=1S/C21H22N6O3S/c22-8-5-21(6-10-23-11-7-21)27-16-3-9-24-20(28)18(16)19(26-27)25-15-1-2-17-14(13-15)4-12-31(17,29)30/h1-3,9,13,23H,4-7,10-12H2,(H,24,28)(H,25,26). The summed E-state index contributed by atoms with van der Waals surface area (Å²) in [4.78, 5) is 15.8. The van der Waals surface area contributed by atoms with Crippen molar-refractivity contribution in [1.29, 1.82) is 5.26 Å². The van der Waals surface area contributed by atoms with Gasteiger partial charge in [-0.05, 0) is 62.2 Å². The number of hydrogen-bond acceptors (Lipinski definition) is 7. The van der Waals surface area contributed by atoms with Crippen molar-refractivity contribution in [2.24, 2.45) is 0 Å². The zero-order chi connectivity index (χ0) is 21.6. The summed E-state index contributed by atoms with van der Waals surface area (Å²) in [6.07, 6.45) is 3.84. The highest BCUT2D eigenvalue weighted by Gasteiger charge is 2.37. The summed E-state index contributed by atoms with van der Waals surface area (Å²) < 4.78 is 26.0. The first-order chi connectivity index (χ1) is 14.9. The molecule has 0 amide bonds. The molecule has 1 saturated heterocycles. The Morgan fingerprint density at radius 1 is 1.26 bits per heavy atom. The van der Waals surface area contributed by atoms with Gasteiger partial charge in [-0.2, -0.15) is 10.4 Å². The Bertz CT molecular complexity index is 1380. The molecular formula is C21H22N6O3S. The number of pyridine rings is 1. The van der Waals surface area contributed by atoms with Crippen molar-refractivity contribution < 1.29 is 8.42 Å². The molecule has 2 aromatic heterocycles. The maximum absolute atomic E-state index is 12.7. The molecule has 2 aliphatic rings. The van der Waals surface area contributed by atoms with Crippen LogP contribution < -0.4 is 16.2 Å². The Morgan fingerprint density at radius 2 is 2.06 bits per heavy atom. The summed E-state index contributed by atoms with van der Waals surface area (Å²) in [5.41, 5.74) is 1.35. The molecule has 10 heteroatoms. The summed E-state index contributed by atoms with van der Waals surface area (Å²) in [6.45, 7) is 1.54. The molecule has 9 nitrogen and oxygen atoms in total. The van der Waals surface area contributed by atoms with Gasteiger partial charge in [0.25, 0.3) is 5.56 Å². The molecule has 0 unspecified atom stereocenters. The number of aryl methyl sites for hydroxylation is 1. The van der Waals surface area contributed by atoms with Gasteiger partial charge in [-0.3, -0.25) is 9.48 Å². The number of nitrogens with zero attached hydrogens (tertiary/aromatic N) is 3. The zero-order valence-electron chi connectivity index (χ0n) is 16.8. The molecule has 0 radical (unpaired) electrons. The molecule has 31 heavy (non-hydrogen) atoms. The third-order valence-corrected chi connectivity index (χ3v) is 8.10.